The fourth-order valence-electron chi connectivity index (χ4n) is 6.53. The minimum absolute atomic E-state index is 0.298. The molecule has 0 spiro atoms. The molecule has 3 heterocycles. The molecule has 0 amide bonds. The first-order chi connectivity index (χ1) is 22.3. The zero-order valence-corrected chi connectivity index (χ0v) is 24.2. The van der Waals surface area contributed by atoms with Crippen LogP contribution in [-0.2, 0) is 0 Å². The minimum Gasteiger partial charge on any atom is -0.454 e. The van der Waals surface area contributed by atoms with Crippen LogP contribution in [0.4, 0.5) is 0 Å². The smallest absolute Gasteiger partial charge is 0.160 e. The van der Waals surface area contributed by atoms with Crippen molar-refractivity contribution in [3.8, 4) is 11.1 Å². The van der Waals surface area contributed by atoms with Crippen LogP contribution < -0.4 is 5.32 Å². The molecular formula is C40H26N4O. The molecule has 0 radical (unpaired) electrons. The number of fused-ring (bicyclic) bond motifs is 6. The lowest BCUT2D eigenvalue weighted by atomic mass is 9.91. The number of rotatable bonds is 4. The van der Waals surface area contributed by atoms with E-state index in [1.807, 2.05) is 48.7 Å². The largest absolute Gasteiger partial charge is 0.454 e. The number of hydrogen-bond acceptors (Lipinski definition) is 5. The van der Waals surface area contributed by atoms with Crippen molar-refractivity contribution in [3.63, 3.8) is 0 Å². The van der Waals surface area contributed by atoms with Gasteiger partial charge in [0.05, 0.1) is 6.20 Å². The van der Waals surface area contributed by atoms with Crippen molar-refractivity contribution in [3.05, 3.63) is 163 Å². The Bertz CT molecular complexity index is 2460. The second-order valence-corrected chi connectivity index (χ2v) is 11.3. The van der Waals surface area contributed by atoms with Gasteiger partial charge in [0.25, 0.3) is 0 Å². The highest BCUT2D eigenvalue weighted by molar-refractivity contribution is 6.25. The van der Waals surface area contributed by atoms with Gasteiger partial charge in [-0.05, 0) is 56.9 Å². The van der Waals surface area contributed by atoms with Crippen molar-refractivity contribution in [1.29, 1.82) is 0 Å². The molecule has 1 unspecified atom stereocenters. The van der Waals surface area contributed by atoms with Crippen LogP contribution >= 0.6 is 0 Å². The number of nitrogens with zero attached hydrogens (tertiary/aromatic N) is 3. The van der Waals surface area contributed by atoms with E-state index in [0.717, 1.165) is 55.6 Å². The number of amidine groups is 2. The van der Waals surface area contributed by atoms with E-state index in [0.29, 0.717) is 5.84 Å². The molecule has 2 aromatic heterocycles. The summed E-state index contributed by atoms with van der Waals surface area (Å²) >= 11 is 0. The normalized spacial score (nSPS) is 14.9. The zero-order chi connectivity index (χ0) is 29.7. The van der Waals surface area contributed by atoms with Crippen LogP contribution in [0.3, 0.4) is 0 Å². The zero-order valence-electron chi connectivity index (χ0n) is 24.2. The summed E-state index contributed by atoms with van der Waals surface area (Å²) in [7, 11) is 0. The predicted molar refractivity (Wildman–Crippen MR) is 184 cm³/mol. The van der Waals surface area contributed by atoms with Crippen LogP contribution in [0.5, 0.6) is 0 Å². The van der Waals surface area contributed by atoms with Crippen molar-refractivity contribution in [2.75, 3.05) is 0 Å². The van der Waals surface area contributed by atoms with E-state index in [9.17, 15) is 0 Å². The van der Waals surface area contributed by atoms with E-state index in [2.05, 4.69) is 101 Å². The van der Waals surface area contributed by atoms with Gasteiger partial charge in [0.15, 0.2) is 11.4 Å². The molecule has 6 aromatic carbocycles. The number of aromatic nitrogens is 1. The average molecular weight is 579 g/mol. The molecule has 0 bridgehead atoms. The van der Waals surface area contributed by atoms with Gasteiger partial charge in [-0.3, -0.25) is 4.98 Å². The lowest BCUT2D eigenvalue weighted by Crippen LogP contribution is -2.33. The SMILES string of the molecule is c1ccc(C2=NC(c3ccc(-c4cc5ccccc5c5ccccc45)c4oc5cnccc5c34)=NC(c3ccccc3)N2)cc1. The number of pyridine rings is 1. The van der Waals surface area contributed by atoms with Gasteiger partial charge in [-0.15, -0.1) is 0 Å². The predicted octanol–water partition coefficient (Wildman–Crippen LogP) is 9.45. The molecule has 0 aliphatic carbocycles. The van der Waals surface area contributed by atoms with Crippen molar-refractivity contribution in [1.82, 2.24) is 10.3 Å². The molecule has 0 fully saturated rings. The highest BCUT2D eigenvalue weighted by Crippen LogP contribution is 2.42. The van der Waals surface area contributed by atoms with E-state index in [1.165, 1.54) is 21.5 Å². The Morgan fingerprint density at radius 2 is 1.31 bits per heavy atom. The molecule has 0 saturated heterocycles. The summed E-state index contributed by atoms with van der Waals surface area (Å²) in [4.78, 5) is 14.7. The maximum Gasteiger partial charge on any atom is 0.160 e. The van der Waals surface area contributed by atoms with Crippen molar-refractivity contribution in [2.45, 2.75) is 6.17 Å². The number of aliphatic imine (C=N–C) groups is 2. The first kappa shape index (κ1) is 25.4. The third-order valence-electron chi connectivity index (χ3n) is 8.63. The second-order valence-electron chi connectivity index (χ2n) is 11.3. The Morgan fingerprint density at radius 3 is 2.16 bits per heavy atom. The van der Waals surface area contributed by atoms with Gasteiger partial charge in [0, 0.05) is 33.7 Å². The molecule has 8 aromatic rings. The van der Waals surface area contributed by atoms with Gasteiger partial charge in [0.2, 0.25) is 0 Å². The van der Waals surface area contributed by atoms with Crippen LogP contribution in [0.2, 0.25) is 0 Å². The summed E-state index contributed by atoms with van der Waals surface area (Å²) in [6.07, 6.45) is 3.30. The molecule has 0 saturated carbocycles. The molecular weight excluding hydrogens is 552 g/mol. The third-order valence-corrected chi connectivity index (χ3v) is 8.63. The van der Waals surface area contributed by atoms with Crippen molar-refractivity contribution < 1.29 is 4.42 Å². The summed E-state index contributed by atoms with van der Waals surface area (Å²) < 4.78 is 6.67. The molecule has 212 valence electrons. The topological polar surface area (TPSA) is 62.8 Å². The molecule has 1 atom stereocenters. The molecule has 5 nitrogen and oxygen atoms in total. The van der Waals surface area contributed by atoms with Crippen LogP contribution in [0, 0.1) is 0 Å². The van der Waals surface area contributed by atoms with Gasteiger partial charge < -0.3 is 9.73 Å². The van der Waals surface area contributed by atoms with Gasteiger partial charge >= 0.3 is 0 Å². The lowest BCUT2D eigenvalue weighted by molar-refractivity contribution is 0.667. The summed E-state index contributed by atoms with van der Waals surface area (Å²) in [5, 5.41) is 10.3. The van der Waals surface area contributed by atoms with E-state index in [-0.39, 0.29) is 6.17 Å². The molecule has 5 heteroatoms. The van der Waals surface area contributed by atoms with E-state index >= 15 is 0 Å². The first-order valence-corrected chi connectivity index (χ1v) is 15.1. The fraction of sp³-hybridized carbons (Fsp3) is 0.0250. The first-order valence-electron chi connectivity index (χ1n) is 15.1. The fourth-order valence-corrected chi connectivity index (χ4v) is 6.53. The number of nitrogens with one attached hydrogen (secondary N) is 1. The molecule has 9 rings (SSSR count). The van der Waals surface area contributed by atoms with Gasteiger partial charge in [-0.1, -0.05) is 109 Å². The Morgan fingerprint density at radius 1 is 0.600 bits per heavy atom. The maximum absolute atomic E-state index is 6.67. The minimum atomic E-state index is -0.298. The number of furan rings is 1. The lowest BCUT2D eigenvalue weighted by Gasteiger charge is -2.24. The Kier molecular flexibility index (Phi) is 5.81. The highest BCUT2D eigenvalue weighted by Gasteiger charge is 2.25. The Labute approximate surface area is 259 Å². The number of benzene rings is 6. The molecule has 45 heavy (non-hydrogen) atoms. The van der Waals surface area contributed by atoms with Crippen molar-refractivity contribution in [2.24, 2.45) is 9.98 Å². The van der Waals surface area contributed by atoms with Crippen LogP contribution in [-0.4, -0.2) is 16.7 Å². The Hall–Kier alpha value is -6.07. The summed E-state index contributed by atoms with van der Waals surface area (Å²) in [6.45, 7) is 0. The molecule has 1 N–H and O–H groups in total. The van der Waals surface area contributed by atoms with E-state index in [1.54, 1.807) is 6.20 Å². The van der Waals surface area contributed by atoms with Crippen LogP contribution in [0.25, 0.3) is 54.6 Å². The molecule has 1 aliphatic rings. The van der Waals surface area contributed by atoms with Crippen LogP contribution in [0.1, 0.15) is 22.9 Å². The third kappa shape index (κ3) is 4.20. The average Bonchev–Trinajstić information content (AvgIpc) is 3.51. The standard InChI is InChI=1S/C40H26N4O/c1-3-11-25(12-4-1)38-42-39(26-13-5-2-6-14-26)44-40(43-38)33-20-19-31(37-36(33)32-21-22-41-24-35(32)45-37)34-23-27-15-7-8-16-28(27)29-17-9-10-18-30(29)34/h1-24,38H,(H,42,43,44). The summed E-state index contributed by atoms with van der Waals surface area (Å²) in [6, 6.07) is 46.2. The number of hydrogen-bond donors (Lipinski definition) is 1. The summed E-state index contributed by atoms with van der Waals surface area (Å²) in [5.41, 5.74) is 6.65. The van der Waals surface area contributed by atoms with Gasteiger partial charge in [-0.2, -0.15) is 0 Å². The highest BCUT2D eigenvalue weighted by atomic mass is 16.3. The monoisotopic (exact) mass is 578 g/mol. The van der Waals surface area contributed by atoms with E-state index < -0.39 is 0 Å². The summed E-state index contributed by atoms with van der Waals surface area (Å²) in [5.74, 6) is 1.43. The van der Waals surface area contributed by atoms with Crippen molar-refractivity contribution >= 4 is 55.2 Å². The molecule has 1 aliphatic heterocycles. The van der Waals surface area contributed by atoms with Crippen LogP contribution in [0.15, 0.2) is 160 Å². The van der Waals surface area contributed by atoms with Gasteiger partial charge in [-0.25, -0.2) is 9.98 Å². The maximum atomic E-state index is 6.67. The Balaban J connectivity index is 1.33. The second kappa shape index (κ2) is 10.3. The van der Waals surface area contributed by atoms with E-state index in [4.69, 9.17) is 14.4 Å². The quantitative estimate of drug-likeness (QED) is 0.212. The van der Waals surface area contributed by atoms with Gasteiger partial charge in [0.1, 0.15) is 17.6 Å².